The molecule has 0 unspecified atom stereocenters. The lowest BCUT2D eigenvalue weighted by molar-refractivity contribution is -0.132. The maximum absolute atomic E-state index is 11.7. The van der Waals surface area contributed by atoms with Crippen LogP contribution in [0, 0.1) is 0 Å². The van der Waals surface area contributed by atoms with Crippen LogP contribution in [0.4, 0.5) is 10.9 Å². The zero-order chi connectivity index (χ0) is 14.7. The Hall–Kier alpha value is -2.02. The van der Waals surface area contributed by atoms with Gasteiger partial charge >= 0.3 is 0 Å². The number of amides is 1. The van der Waals surface area contributed by atoms with Crippen LogP contribution in [0.3, 0.4) is 0 Å². The van der Waals surface area contributed by atoms with Gasteiger partial charge in [0.1, 0.15) is 0 Å². The largest absolute Gasteiger partial charge is 0.334 e. The minimum Gasteiger partial charge on any atom is -0.334 e. The lowest BCUT2D eigenvalue weighted by Crippen LogP contribution is -2.37. The number of nitrogens with zero attached hydrogens (tertiary/aromatic N) is 4. The summed E-state index contributed by atoms with van der Waals surface area (Å²) >= 11 is 1.52. The van der Waals surface area contributed by atoms with Crippen molar-refractivity contribution in [3.05, 3.63) is 29.7 Å². The van der Waals surface area contributed by atoms with Crippen LogP contribution >= 0.6 is 11.3 Å². The first-order valence-electron chi connectivity index (χ1n) is 7.00. The molecule has 0 saturated carbocycles. The molecule has 3 rings (SSSR count). The molecule has 1 saturated heterocycles. The summed E-state index contributed by atoms with van der Waals surface area (Å²) in [4.78, 5) is 26.5. The number of hydrogen-bond acceptors (Lipinski definition) is 6. The van der Waals surface area contributed by atoms with Crippen LogP contribution in [0.5, 0.6) is 0 Å². The van der Waals surface area contributed by atoms with Crippen molar-refractivity contribution in [2.75, 3.05) is 11.9 Å². The van der Waals surface area contributed by atoms with E-state index in [-0.39, 0.29) is 11.9 Å². The topological polar surface area (TPSA) is 71.0 Å². The summed E-state index contributed by atoms with van der Waals surface area (Å²) in [5.74, 6) is 0.793. The molecule has 2 aromatic rings. The number of anilines is 2. The molecule has 0 aromatic carbocycles. The van der Waals surface area contributed by atoms with E-state index in [0.717, 1.165) is 36.6 Å². The number of carbonyl (C=O) groups excluding carboxylic acids is 1. The lowest BCUT2D eigenvalue weighted by Gasteiger charge is -2.34. The fraction of sp³-hybridized carbons (Fsp3) is 0.429. The highest BCUT2D eigenvalue weighted by Gasteiger charge is 2.27. The van der Waals surface area contributed by atoms with Gasteiger partial charge in [-0.1, -0.05) is 0 Å². The molecule has 0 aliphatic carbocycles. The molecule has 0 bridgehead atoms. The monoisotopic (exact) mass is 303 g/mol. The van der Waals surface area contributed by atoms with E-state index in [2.05, 4.69) is 20.3 Å². The van der Waals surface area contributed by atoms with Gasteiger partial charge in [-0.2, -0.15) is 0 Å². The molecule has 1 amide bonds. The summed E-state index contributed by atoms with van der Waals surface area (Å²) in [6.45, 7) is 2.45. The fourth-order valence-corrected chi connectivity index (χ4v) is 3.35. The first kappa shape index (κ1) is 13.9. The van der Waals surface area contributed by atoms with Crippen molar-refractivity contribution in [2.24, 2.45) is 0 Å². The van der Waals surface area contributed by atoms with E-state index in [1.165, 1.54) is 11.3 Å². The second kappa shape index (κ2) is 6.17. The molecule has 0 spiro atoms. The molecule has 1 atom stereocenters. The third-order valence-electron chi connectivity index (χ3n) is 3.57. The van der Waals surface area contributed by atoms with E-state index in [1.807, 2.05) is 10.3 Å². The Morgan fingerprint density at radius 2 is 2.33 bits per heavy atom. The van der Waals surface area contributed by atoms with E-state index < -0.39 is 0 Å². The Morgan fingerprint density at radius 1 is 1.43 bits per heavy atom. The Labute approximate surface area is 127 Å². The Bertz CT molecular complexity index is 615. The number of nitrogens with one attached hydrogen (secondary N) is 1. The van der Waals surface area contributed by atoms with Crippen molar-refractivity contribution >= 4 is 28.2 Å². The minimum atomic E-state index is 0.102. The molecular formula is C14H17N5OS. The second-order valence-corrected chi connectivity index (χ2v) is 5.88. The Kier molecular flexibility index (Phi) is 4.10. The number of rotatable bonds is 3. The van der Waals surface area contributed by atoms with Crippen molar-refractivity contribution in [3.8, 4) is 0 Å². The molecule has 21 heavy (non-hydrogen) atoms. The maximum Gasteiger partial charge on any atom is 0.220 e. The summed E-state index contributed by atoms with van der Waals surface area (Å²) in [7, 11) is 0. The third kappa shape index (κ3) is 3.18. The van der Waals surface area contributed by atoms with Crippen LogP contribution in [0.2, 0.25) is 0 Å². The van der Waals surface area contributed by atoms with E-state index in [4.69, 9.17) is 0 Å². The van der Waals surface area contributed by atoms with Crippen molar-refractivity contribution in [1.29, 1.82) is 0 Å². The van der Waals surface area contributed by atoms with Crippen LogP contribution in [-0.2, 0) is 4.79 Å². The van der Waals surface area contributed by atoms with Crippen LogP contribution in [0.25, 0.3) is 0 Å². The third-order valence-corrected chi connectivity index (χ3v) is 4.34. The molecule has 110 valence electrons. The smallest absolute Gasteiger partial charge is 0.220 e. The molecule has 6 nitrogen and oxygen atoms in total. The SMILES string of the molecule is CC(=O)N1CCCC[C@@H]1c1csc(Nc2cnccn2)n1. The van der Waals surface area contributed by atoms with Crippen LogP contribution in [-0.4, -0.2) is 32.3 Å². The van der Waals surface area contributed by atoms with Crippen LogP contribution in [0.1, 0.15) is 37.9 Å². The van der Waals surface area contributed by atoms with Gasteiger partial charge in [-0.05, 0) is 19.3 Å². The van der Waals surface area contributed by atoms with E-state index >= 15 is 0 Å². The van der Waals surface area contributed by atoms with Crippen molar-refractivity contribution in [3.63, 3.8) is 0 Å². The van der Waals surface area contributed by atoms with Gasteiger partial charge in [0.2, 0.25) is 5.91 Å². The standard InChI is InChI=1S/C14H17N5OS/c1-10(20)19-7-3-2-4-12(19)11-9-21-14(17-11)18-13-8-15-5-6-16-13/h5-6,8-9,12H,2-4,7H2,1H3,(H,16,17,18)/t12-/m1/s1. The minimum absolute atomic E-state index is 0.102. The van der Waals surface area contributed by atoms with Gasteiger partial charge < -0.3 is 10.2 Å². The molecule has 7 heteroatoms. The van der Waals surface area contributed by atoms with Gasteiger partial charge in [-0.15, -0.1) is 11.3 Å². The predicted octanol–water partition coefficient (Wildman–Crippen LogP) is 2.75. The summed E-state index contributed by atoms with van der Waals surface area (Å²) in [6.07, 6.45) is 8.11. The highest BCUT2D eigenvalue weighted by molar-refractivity contribution is 7.13. The second-order valence-electron chi connectivity index (χ2n) is 5.02. The molecule has 1 aliphatic heterocycles. The molecule has 1 fully saturated rings. The zero-order valence-electron chi connectivity index (χ0n) is 11.8. The predicted molar refractivity (Wildman–Crippen MR) is 81.4 cm³/mol. The maximum atomic E-state index is 11.7. The quantitative estimate of drug-likeness (QED) is 0.944. The van der Waals surface area contributed by atoms with Crippen molar-refractivity contribution in [1.82, 2.24) is 19.9 Å². The fourth-order valence-electron chi connectivity index (χ4n) is 2.59. The normalized spacial score (nSPS) is 18.5. The first-order valence-corrected chi connectivity index (χ1v) is 7.87. The van der Waals surface area contributed by atoms with Crippen molar-refractivity contribution in [2.45, 2.75) is 32.2 Å². The number of thiazole rings is 1. The highest BCUT2D eigenvalue weighted by Crippen LogP contribution is 2.33. The summed E-state index contributed by atoms with van der Waals surface area (Å²) in [5.41, 5.74) is 0.960. The average Bonchev–Trinajstić information content (AvgIpc) is 2.96. The lowest BCUT2D eigenvalue weighted by atomic mass is 10.00. The van der Waals surface area contributed by atoms with E-state index in [1.54, 1.807) is 25.5 Å². The molecular weight excluding hydrogens is 286 g/mol. The number of aromatic nitrogens is 3. The van der Waals surface area contributed by atoms with Gasteiger partial charge in [-0.25, -0.2) is 9.97 Å². The van der Waals surface area contributed by atoms with Gasteiger partial charge in [0.05, 0.1) is 17.9 Å². The Morgan fingerprint density at radius 3 is 3.10 bits per heavy atom. The molecule has 1 N–H and O–H groups in total. The average molecular weight is 303 g/mol. The highest BCUT2D eigenvalue weighted by atomic mass is 32.1. The van der Waals surface area contributed by atoms with Gasteiger partial charge in [0.25, 0.3) is 0 Å². The van der Waals surface area contributed by atoms with E-state index in [0.29, 0.717) is 5.82 Å². The number of hydrogen-bond donors (Lipinski definition) is 1. The van der Waals surface area contributed by atoms with Gasteiger partial charge in [0, 0.05) is 31.2 Å². The van der Waals surface area contributed by atoms with Crippen LogP contribution in [0.15, 0.2) is 24.0 Å². The molecule has 3 heterocycles. The van der Waals surface area contributed by atoms with E-state index in [9.17, 15) is 4.79 Å². The zero-order valence-corrected chi connectivity index (χ0v) is 12.6. The molecule has 1 aliphatic rings. The Balaban J connectivity index is 1.76. The first-order chi connectivity index (χ1) is 10.2. The van der Waals surface area contributed by atoms with Gasteiger partial charge in [-0.3, -0.25) is 9.78 Å². The number of likely N-dealkylation sites (tertiary alicyclic amines) is 1. The summed E-state index contributed by atoms with van der Waals surface area (Å²) in [6, 6.07) is 0.102. The summed E-state index contributed by atoms with van der Waals surface area (Å²) < 4.78 is 0. The van der Waals surface area contributed by atoms with Crippen LogP contribution < -0.4 is 5.32 Å². The molecule has 0 radical (unpaired) electrons. The summed E-state index contributed by atoms with van der Waals surface area (Å²) in [5, 5.41) is 5.93. The van der Waals surface area contributed by atoms with Crippen molar-refractivity contribution < 1.29 is 4.79 Å². The molecule has 2 aromatic heterocycles. The van der Waals surface area contributed by atoms with Gasteiger partial charge in [0.15, 0.2) is 10.9 Å². The number of piperidine rings is 1. The number of carbonyl (C=O) groups is 1.